The third-order valence-electron chi connectivity index (χ3n) is 2.17. The van der Waals surface area contributed by atoms with Crippen LogP contribution in [-0.4, -0.2) is 36.2 Å². The molecule has 0 aromatic rings. The second-order valence-electron chi connectivity index (χ2n) is 3.86. The normalized spacial score (nSPS) is 12.9. The fraction of sp³-hybridized carbons (Fsp3) is 0.889. The van der Waals surface area contributed by atoms with Crippen molar-refractivity contribution in [1.29, 1.82) is 5.41 Å². The van der Waals surface area contributed by atoms with Crippen LogP contribution in [0.2, 0.25) is 0 Å². The van der Waals surface area contributed by atoms with Crippen molar-refractivity contribution in [3.63, 3.8) is 0 Å². The zero-order valence-corrected chi connectivity index (χ0v) is 9.88. The molecule has 0 aliphatic heterocycles. The minimum Gasteiger partial charge on any atom is -0.320 e. The van der Waals surface area contributed by atoms with Crippen molar-refractivity contribution in [2.45, 2.75) is 26.7 Å². The highest BCUT2D eigenvalue weighted by Crippen LogP contribution is 1.98. The third kappa shape index (κ3) is 5.68. The number of nitrogens with zero attached hydrogens (tertiary/aromatic N) is 1. The Balaban J connectivity index is 4.00. The Labute approximate surface area is 91.4 Å². The number of rotatable bonds is 7. The maximum Gasteiger partial charge on any atom is 0.154 e. The molecule has 0 rings (SSSR count). The van der Waals surface area contributed by atoms with Gasteiger partial charge in [0.05, 0.1) is 6.54 Å². The van der Waals surface area contributed by atoms with Crippen LogP contribution in [0.5, 0.6) is 0 Å². The van der Waals surface area contributed by atoms with E-state index in [9.17, 15) is 5.21 Å². The number of unbranched alkanes of at least 4 members (excludes halogenated alkanes) is 1. The van der Waals surface area contributed by atoms with E-state index in [0.29, 0.717) is 12.4 Å². The topological polar surface area (TPSA) is 89.8 Å². The molecule has 0 fully saturated rings. The lowest BCUT2D eigenvalue weighted by Gasteiger charge is -2.25. The highest BCUT2D eigenvalue weighted by molar-refractivity contribution is 5.79. The van der Waals surface area contributed by atoms with Gasteiger partial charge in [-0.3, -0.25) is 5.41 Å². The minimum atomic E-state index is -0.279. The molecule has 0 bridgehead atoms. The van der Waals surface area contributed by atoms with Gasteiger partial charge in [-0.2, -0.15) is 10.2 Å². The fourth-order valence-corrected chi connectivity index (χ4v) is 1.24. The molecule has 0 radical (unpaired) electrons. The number of nitrogens with one attached hydrogen (secondary N) is 3. The quantitative estimate of drug-likeness (QED) is 0.124. The Bertz CT molecular complexity index is 183. The molecular weight excluding hydrogens is 194 g/mol. The lowest BCUT2D eigenvalue weighted by molar-refractivity contribution is -1.18. The summed E-state index contributed by atoms with van der Waals surface area (Å²) in [6.45, 7) is 5.35. The maximum atomic E-state index is 9.25. The van der Waals surface area contributed by atoms with Crippen LogP contribution in [0.4, 0.5) is 0 Å². The molecule has 0 saturated heterocycles. The van der Waals surface area contributed by atoms with Crippen molar-refractivity contribution >= 4 is 5.84 Å². The van der Waals surface area contributed by atoms with Crippen LogP contribution in [0.3, 0.4) is 0 Å². The van der Waals surface area contributed by atoms with Gasteiger partial charge in [-0.1, -0.05) is 13.8 Å². The summed E-state index contributed by atoms with van der Waals surface area (Å²) in [6.07, 6.45) is 1.91. The lowest BCUT2D eigenvalue weighted by atomic mass is 10.2. The number of hydrogen-bond donors (Lipinski definition) is 5. The van der Waals surface area contributed by atoms with Gasteiger partial charge >= 0.3 is 0 Å². The first-order valence-electron chi connectivity index (χ1n) is 5.32. The van der Waals surface area contributed by atoms with Gasteiger partial charge in [0, 0.05) is 5.92 Å². The molecule has 6 N–H and O–H groups in total. The third-order valence-corrected chi connectivity index (χ3v) is 2.17. The SMILES string of the molecule is CNCCCCN(C(=N)C(C)C)[NH+](N)O. The van der Waals surface area contributed by atoms with Crippen LogP contribution >= 0.6 is 0 Å². The van der Waals surface area contributed by atoms with E-state index in [-0.39, 0.29) is 11.2 Å². The molecule has 1 unspecified atom stereocenters. The van der Waals surface area contributed by atoms with E-state index in [4.69, 9.17) is 11.3 Å². The van der Waals surface area contributed by atoms with E-state index in [2.05, 4.69) is 5.32 Å². The zero-order chi connectivity index (χ0) is 11.8. The zero-order valence-electron chi connectivity index (χ0n) is 9.88. The van der Waals surface area contributed by atoms with Crippen LogP contribution in [0.15, 0.2) is 0 Å². The van der Waals surface area contributed by atoms with Gasteiger partial charge in [0.1, 0.15) is 0 Å². The molecule has 0 aromatic carbocycles. The molecule has 1 atom stereocenters. The number of nitrogens with two attached hydrogens (primary N) is 1. The first-order valence-corrected chi connectivity index (χ1v) is 5.32. The van der Waals surface area contributed by atoms with Gasteiger partial charge in [-0.15, -0.1) is 5.84 Å². The Morgan fingerprint density at radius 2 is 2.13 bits per heavy atom. The van der Waals surface area contributed by atoms with Crippen molar-refractivity contribution < 1.29 is 10.5 Å². The summed E-state index contributed by atoms with van der Waals surface area (Å²) < 4.78 is 0. The Morgan fingerprint density at radius 1 is 1.53 bits per heavy atom. The van der Waals surface area contributed by atoms with Gasteiger partial charge in [-0.05, 0) is 31.7 Å². The first-order chi connectivity index (χ1) is 7.00. The van der Waals surface area contributed by atoms with E-state index in [1.807, 2.05) is 20.9 Å². The average Bonchev–Trinajstić information content (AvgIpc) is 2.16. The van der Waals surface area contributed by atoms with Gasteiger partial charge in [0.25, 0.3) is 0 Å². The van der Waals surface area contributed by atoms with Gasteiger partial charge in [0.2, 0.25) is 0 Å². The monoisotopic (exact) mass is 218 g/mol. The predicted octanol–water partition coefficient (Wildman–Crippen LogP) is -1.02. The van der Waals surface area contributed by atoms with Crippen molar-refractivity contribution in [2.75, 3.05) is 20.1 Å². The largest absolute Gasteiger partial charge is 0.320 e. The lowest BCUT2D eigenvalue weighted by Crippen LogP contribution is -3.22. The van der Waals surface area contributed by atoms with E-state index in [0.717, 1.165) is 19.4 Å². The summed E-state index contributed by atoms with van der Waals surface area (Å²) in [7, 11) is 1.90. The fourth-order valence-electron chi connectivity index (χ4n) is 1.24. The molecule has 15 heavy (non-hydrogen) atoms. The van der Waals surface area contributed by atoms with E-state index in [1.54, 1.807) is 0 Å². The first kappa shape index (κ1) is 14.3. The molecule has 0 amide bonds. The summed E-state index contributed by atoms with van der Waals surface area (Å²) in [5.41, 5.74) is 0. The van der Waals surface area contributed by atoms with Crippen LogP contribution < -0.4 is 16.4 Å². The molecular formula is C9H24N5O+. The molecule has 6 heteroatoms. The van der Waals surface area contributed by atoms with Gasteiger partial charge in [0.15, 0.2) is 5.84 Å². The molecule has 0 aliphatic rings. The smallest absolute Gasteiger partial charge is 0.154 e. The van der Waals surface area contributed by atoms with Crippen LogP contribution in [0, 0.1) is 11.3 Å². The number of quaternary nitrogens is 1. The highest BCUT2D eigenvalue weighted by Gasteiger charge is 2.20. The predicted molar refractivity (Wildman–Crippen MR) is 59.4 cm³/mol. The van der Waals surface area contributed by atoms with Crippen LogP contribution in [0.25, 0.3) is 0 Å². The summed E-state index contributed by atoms with van der Waals surface area (Å²) in [6, 6.07) is 0. The summed E-state index contributed by atoms with van der Waals surface area (Å²) in [5.74, 6) is 5.76. The Hall–Kier alpha value is -0.690. The average molecular weight is 218 g/mol. The second-order valence-corrected chi connectivity index (χ2v) is 3.86. The van der Waals surface area contributed by atoms with Crippen molar-refractivity contribution in [1.82, 2.24) is 10.3 Å². The summed E-state index contributed by atoms with van der Waals surface area (Å²) >= 11 is 0. The standard InChI is InChI=1S/C9H23N5O/c1-8(2)9(10)13(14(11)15)7-5-4-6-12-3/h8,10,12,15H,4-7,11H2,1-3H3/p+1. The van der Waals surface area contributed by atoms with Crippen LogP contribution in [0.1, 0.15) is 26.7 Å². The Morgan fingerprint density at radius 3 is 2.53 bits per heavy atom. The summed E-state index contributed by atoms with van der Waals surface area (Å²) in [5, 5.41) is 21.2. The van der Waals surface area contributed by atoms with E-state index in [1.165, 1.54) is 5.01 Å². The second kappa shape index (κ2) is 7.58. The Kier molecular flexibility index (Phi) is 7.23. The van der Waals surface area contributed by atoms with Crippen molar-refractivity contribution in [2.24, 2.45) is 11.8 Å². The summed E-state index contributed by atoms with van der Waals surface area (Å²) in [4.78, 5) is 0. The van der Waals surface area contributed by atoms with Crippen LogP contribution in [-0.2, 0) is 0 Å². The number of hydrogen-bond acceptors (Lipinski definition) is 4. The van der Waals surface area contributed by atoms with Gasteiger partial charge in [-0.25, -0.2) is 0 Å². The molecule has 0 aliphatic carbocycles. The van der Waals surface area contributed by atoms with Gasteiger partial charge < -0.3 is 5.32 Å². The maximum absolute atomic E-state index is 9.25. The minimum absolute atomic E-state index is 0.0694. The number of amidine groups is 1. The molecule has 90 valence electrons. The molecule has 0 aromatic heterocycles. The van der Waals surface area contributed by atoms with E-state index >= 15 is 0 Å². The van der Waals surface area contributed by atoms with Crippen molar-refractivity contribution in [3.8, 4) is 0 Å². The molecule has 6 nitrogen and oxygen atoms in total. The molecule has 0 spiro atoms. The molecule has 0 heterocycles. The van der Waals surface area contributed by atoms with Crippen molar-refractivity contribution in [3.05, 3.63) is 0 Å². The van der Waals surface area contributed by atoms with E-state index < -0.39 is 0 Å². The molecule has 0 saturated carbocycles. The highest BCUT2D eigenvalue weighted by atomic mass is 16.6.